The third kappa shape index (κ3) is 4.04. The van der Waals surface area contributed by atoms with Crippen LogP contribution in [0, 0.1) is 6.92 Å². The molecular weight excluding hydrogens is 278 g/mol. The van der Waals surface area contributed by atoms with E-state index in [1.54, 1.807) is 6.07 Å². The number of rotatable bonds is 4. The van der Waals surface area contributed by atoms with Gasteiger partial charge in [0.05, 0.1) is 0 Å². The minimum atomic E-state index is -0.00551. The fourth-order valence-electron chi connectivity index (χ4n) is 2.56. The van der Waals surface area contributed by atoms with E-state index in [-0.39, 0.29) is 5.91 Å². The van der Waals surface area contributed by atoms with E-state index >= 15 is 0 Å². The zero-order valence-corrected chi connectivity index (χ0v) is 13.7. The molecule has 6 heteroatoms. The van der Waals surface area contributed by atoms with Crippen LogP contribution < -0.4 is 4.90 Å². The number of anilines is 1. The van der Waals surface area contributed by atoms with Gasteiger partial charge in [0.2, 0.25) is 5.95 Å². The lowest BCUT2D eigenvalue weighted by atomic mass is 10.3. The molecule has 1 saturated heterocycles. The van der Waals surface area contributed by atoms with Gasteiger partial charge in [-0.2, -0.15) is 0 Å². The van der Waals surface area contributed by atoms with Gasteiger partial charge in [-0.1, -0.05) is 6.08 Å². The third-order valence-electron chi connectivity index (χ3n) is 3.72. The highest BCUT2D eigenvalue weighted by atomic mass is 16.2. The van der Waals surface area contributed by atoms with Crippen molar-refractivity contribution in [1.82, 2.24) is 19.8 Å². The van der Waals surface area contributed by atoms with E-state index in [2.05, 4.69) is 21.4 Å². The second-order valence-electron chi connectivity index (χ2n) is 5.82. The molecule has 0 bridgehead atoms. The van der Waals surface area contributed by atoms with Crippen molar-refractivity contribution >= 4 is 11.9 Å². The Morgan fingerprint density at radius 2 is 2.09 bits per heavy atom. The molecule has 1 aliphatic rings. The standard InChI is InChI=1S/C16H25N5O/c1-5-7-20-8-6-9-21(11-10-20)15(22)14-12-13(2)17-16(18-14)19(3)4/h5,12H,1,6-11H2,2-4H3. The highest BCUT2D eigenvalue weighted by Crippen LogP contribution is 2.12. The molecular formula is C16H25N5O. The highest BCUT2D eigenvalue weighted by Gasteiger charge is 2.21. The zero-order valence-electron chi connectivity index (χ0n) is 13.7. The maximum Gasteiger partial charge on any atom is 0.272 e. The molecule has 0 radical (unpaired) electrons. The normalized spacial score (nSPS) is 16.2. The van der Waals surface area contributed by atoms with E-state index < -0.39 is 0 Å². The van der Waals surface area contributed by atoms with Crippen molar-refractivity contribution in [1.29, 1.82) is 0 Å². The molecule has 2 rings (SSSR count). The van der Waals surface area contributed by atoms with Gasteiger partial charge in [0.1, 0.15) is 5.69 Å². The minimum Gasteiger partial charge on any atom is -0.347 e. The second-order valence-corrected chi connectivity index (χ2v) is 5.82. The van der Waals surface area contributed by atoms with Gasteiger partial charge in [-0.15, -0.1) is 6.58 Å². The molecule has 0 spiro atoms. The number of aryl methyl sites for hydroxylation is 1. The fraction of sp³-hybridized carbons (Fsp3) is 0.562. The number of hydrogen-bond acceptors (Lipinski definition) is 5. The predicted molar refractivity (Wildman–Crippen MR) is 88.3 cm³/mol. The lowest BCUT2D eigenvalue weighted by molar-refractivity contribution is 0.0756. The first-order valence-corrected chi connectivity index (χ1v) is 7.67. The van der Waals surface area contributed by atoms with E-state index in [1.165, 1.54) is 0 Å². The second kappa shape index (κ2) is 7.35. The van der Waals surface area contributed by atoms with Crippen molar-refractivity contribution < 1.29 is 4.79 Å². The van der Waals surface area contributed by atoms with Crippen LogP contribution in [0.25, 0.3) is 0 Å². The monoisotopic (exact) mass is 303 g/mol. The van der Waals surface area contributed by atoms with Crippen LogP contribution in [0.5, 0.6) is 0 Å². The topological polar surface area (TPSA) is 52.6 Å². The van der Waals surface area contributed by atoms with Gasteiger partial charge in [0, 0.05) is 52.5 Å². The molecule has 0 aliphatic carbocycles. The first kappa shape index (κ1) is 16.4. The maximum absolute atomic E-state index is 12.7. The van der Waals surface area contributed by atoms with Crippen molar-refractivity contribution in [2.75, 3.05) is 51.7 Å². The van der Waals surface area contributed by atoms with Crippen molar-refractivity contribution in [3.63, 3.8) is 0 Å². The molecule has 0 atom stereocenters. The van der Waals surface area contributed by atoms with Crippen LogP contribution >= 0.6 is 0 Å². The summed E-state index contributed by atoms with van der Waals surface area (Å²) in [5.41, 5.74) is 1.29. The molecule has 1 aromatic heterocycles. The van der Waals surface area contributed by atoms with Gasteiger partial charge >= 0.3 is 0 Å². The Hall–Kier alpha value is -1.95. The molecule has 1 aromatic rings. The van der Waals surface area contributed by atoms with Crippen LogP contribution in [0.15, 0.2) is 18.7 Å². The predicted octanol–water partition coefficient (Wildman–Crippen LogP) is 1.18. The summed E-state index contributed by atoms with van der Waals surface area (Å²) in [4.78, 5) is 27.5. The summed E-state index contributed by atoms with van der Waals surface area (Å²) in [6.07, 6.45) is 2.89. The van der Waals surface area contributed by atoms with Crippen LogP contribution in [0.1, 0.15) is 22.6 Å². The Balaban J connectivity index is 2.12. The summed E-state index contributed by atoms with van der Waals surface area (Å²) in [5.74, 6) is 0.570. The van der Waals surface area contributed by atoms with Crippen molar-refractivity contribution in [2.24, 2.45) is 0 Å². The Kier molecular flexibility index (Phi) is 5.49. The van der Waals surface area contributed by atoms with E-state index in [4.69, 9.17) is 0 Å². The average molecular weight is 303 g/mol. The molecule has 1 aliphatic heterocycles. The van der Waals surface area contributed by atoms with Gasteiger partial charge in [-0.3, -0.25) is 9.69 Å². The highest BCUT2D eigenvalue weighted by molar-refractivity contribution is 5.92. The average Bonchev–Trinajstić information content (AvgIpc) is 2.72. The van der Waals surface area contributed by atoms with Crippen molar-refractivity contribution in [2.45, 2.75) is 13.3 Å². The summed E-state index contributed by atoms with van der Waals surface area (Å²) in [6.45, 7) is 9.92. The number of aromatic nitrogens is 2. The number of carbonyl (C=O) groups is 1. The lowest BCUT2D eigenvalue weighted by Gasteiger charge is -2.21. The smallest absolute Gasteiger partial charge is 0.272 e. The molecule has 1 amide bonds. The lowest BCUT2D eigenvalue weighted by Crippen LogP contribution is -2.36. The first-order valence-electron chi connectivity index (χ1n) is 7.67. The van der Waals surface area contributed by atoms with Gasteiger partial charge in [-0.05, 0) is 19.4 Å². The SMILES string of the molecule is C=CCN1CCCN(C(=O)c2cc(C)nc(N(C)C)n2)CC1. The number of nitrogens with zero attached hydrogens (tertiary/aromatic N) is 5. The Bertz CT molecular complexity index is 543. The molecule has 22 heavy (non-hydrogen) atoms. The minimum absolute atomic E-state index is 0.00551. The molecule has 0 N–H and O–H groups in total. The summed E-state index contributed by atoms with van der Waals surface area (Å²) in [7, 11) is 3.75. The molecule has 0 unspecified atom stereocenters. The number of amides is 1. The molecule has 6 nitrogen and oxygen atoms in total. The van der Waals surface area contributed by atoms with Crippen LogP contribution in [0.3, 0.4) is 0 Å². The fourth-order valence-corrected chi connectivity index (χ4v) is 2.56. The van der Waals surface area contributed by atoms with Crippen LogP contribution in [-0.2, 0) is 0 Å². The van der Waals surface area contributed by atoms with E-state index in [0.717, 1.165) is 44.8 Å². The molecule has 2 heterocycles. The Labute approximate surface area is 132 Å². The third-order valence-corrected chi connectivity index (χ3v) is 3.72. The maximum atomic E-state index is 12.7. The quantitative estimate of drug-likeness (QED) is 0.782. The summed E-state index contributed by atoms with van der Waals surface area (Å²) in [5, 5.41) is 0. The number of carbonyl (C=O) groups excluding carboxylic acids is 1. The Morgan fingerprint density at radius 3 is 2.77 bits per heavy atom. The summed E-state index contributed by atoms with van der Waals surface area (Å²) < 4.78 is 0. The molecule has 0 saturated carbocycles. The van der Waals surface area contributed by atoms with Crippen LogP contribution in [0.2, 0.25) is 0 Å². The van der Waals surface area contributed by atoms with Gasteiger partial charge in [0.15, 0.2) is 0 Å². The van der Waals surface area contributed by atoms with E-state index in [0.29, 0.717) is 11.6 Å². The molecule has 1 fully saturated rings. The Morgan fingerprint density at radius 1 is 1.32 bits per heavy atom. The van der Waals surface area contributed by atoms with Crippen LogP contribution in [-0.4, -0.2) is 72.5 Å². The van der Waals surface area contributed by atoms with Crippen LogP contribution in [0.4, 0.5) is 5.95 Å². The first-order chi connectivity index (χ1) is 10.5. The van der Waals surface area contributed by atoms with Gasteiger partial charge in [0.25, 0.3) is 5.91 Å². The van der Waals surface area contributed by atoms with Gasteiger partial charge < -0.3 is 9.80 Å². The summed E-state index contributed by atoms with van der Waals surface area (Å²) in [6, 6.07) is 1.77. The van der Waals surface area contributed by atoms with Gasteiger partial charge in [-0.25, -0.2) is 9.97 Å². The zero-order chi connectivity index (χ0) is 16.1. The van der Waals surface area contributed by atoms with E-state index in [9.17, 15) is 4.79 Å². The number of hydrogen-bond donors (Lipinski definition) is 0. The van der Waals surface area contributed by atoms with Crippen molar-refractivity contribution in [3.8, 4) is 0 Å². The summed E-state index contributed by atoms with van der Waals surface area (Å²) >= 11 is 0. The largest absolute Gasteiger partial charge is 0.347 e. The molecule has 0 aromatic carbocycles. The van der Waals surface area contributed by atoms with E-state index in [1.807, 2.05) is 36.9 Å². The van der Waals surface area contributed by atoms with Crippen molar-refractivity contribution in [3.05, 3.63) is 30.1 Å². The molecule has 120 valence electrons.